The summed E-state index contributed by atoms with van der Waals surface area (Å²) in [5.41, 5.74) is 5.43. The smallest absolute Gasteiger partial charge is 0.118 e. The summed E-state index contributed by atoms with van der Waals surface area (Å²) < 4.78 is 5.43. The molecular weight excluding hydrogens is 164 g/mol. The second-order valence-corrected chi connectivity index (χ2v) is 3.60. The number of rotatable bonds is 5. The molecular formula is C10H18N2O. The Labute approximate surface area is 79.3 Å². The molecule has 74 valence electrons. The predicted molar refractivity (Wildman–Crippen MR) is 53.1 cm³/mol. The molecule has 0 atom stereocenters. The molecule has 1 heterocycles. The summed E-state index contributed by atoms with van der Waals surface area (Å²) in [6.07, 6.45) is 0. The van der Waals surface area contributed by atoms with Crippen LogP contribution in [0.15, 0.2) is 16.5 Å². The molecule has 3 heteroatoms. The van der Waals surface area contributed by atoms with E-state index in [4.69, 9.17) is 10.2 Å². The van der Waals surface area contributed by atoms with Crippen molar-refractivity contribution >= 4 is 0 Å². The summed E-state index contributed by atoms with van der Waals surface area (Å²) in [6.45, 7) is 6.64. The number of hydrogen-bond acceptors (Lipinski definition) is 3. The molecule has 13 heavy (non-hydrogen) atoms. The zero-order chi connectivity index (χ0) is 9.68. The predicted octanol–water partition coefficient (Wildman–Crippen LogP) is 1.48. The molecule has 1 rings (SSSR count). The lowest BCUT2D eigenvalue weighted by Crippen LogP contribution is -2.18. The molecule has 3 nitrogen and oxygen atoms in total. The van der Waals surface area contributed by atoms with Gasteiger partial charge in [-0.2, -0.15) is 0 Å². The average molecular weight is 182 g/mol. The highest BCUT2D eigenvalue weighted by atomic mass is 16.3. The molecule has 3 N–H and O–H groups in total. The summed E-state index contributed by atoms with van der Waals surface area (Å²) in [4.78, 5) is 0. The Morgan fingerprint density at radius 1 is 1.38 bits per heavy atom. The van der Waals surface area contributed by atoms with Crippen molar-refractivity contribution < 1.29 is 4.42 Å². The second kappa shape index (κ2) is 5.04. The maximum Gasteiger partial charge on any atom is 0.118 e. The number of hydrogen-bond donors (Lipinski definition) is 2. The Balaban J connectivity index is 2.28. The zero-order valence-electron chi connectivity index (χ0n) is 8.34. The summed E-state index contributed by atoms with van der Waals surface area (Å²) in [7, 11) is 0. The van der Waals surface area contributed by atoms with Gasteiger partial charge in [0.15, 0.2) is 0 Å². The van der Waals surface area contributed by atoms with Crippen LogP contribution in [0.3, 0.4) is 0 Å². The third kappa shape index (κ3) is 3.61. The van der Waals surface area contributed by atoms with E-state index < -0.39 is 0 Å². The Bertz CT molecular complexity index is 243. The molecule has 0 spiro atoms. The molecule has 0 amide bonds. The monoisotopic (exact) mass is 182 g/mol. The lowest BCUT2D eigenvalue weighted by atomic mass is 10.2. The first-order chi connectivity index (χ1) is 6.22. The molecule has 0 saturated carbocycles. The number of nitrogens with one attached hydrogen (secondary N) is 1. The average Bonchev–Trinajstić information content (AvgIpc) is 2.52. The first kappa shape index (κ1) is 10.3. The highest BCUT2D eigenvalue weighted by molar-refractivity contribution is 5.06. The van der Waals surface area contributed by atoms with Crippen LogP contribution in [0, 0.1) is 5.92 Å². The van der Waals surface area contributed by atoms with E-state index in [9.17, 15) is 0 Å². The summed E-state index contributed by atoms with van der Waals surface area (Å²) >= 11 is 0. The Morgan fingerprint density at radius 2 is 2.08 bits per heavy atom. The van der Waals surface area contributed by atoms with Gasteiger partial charge < -0.3 is 15.5 Å². The van der Waals surface area contributed by atoms with Gasteiger partial charge in [-0.3, -0.25) is 0 Å². The van der Waals surface area contributed by atoms with Gasteiger partial charge >= 0.3 is 0 Å². The van der Waals surface area contributed by atoms with Crippen LogP contribution in [-0.2, 0) is 13.1 Å². The molecule has 0 aliphatic rings. The van der Waals surface area contributed by atoms with E-state index >= 15 is 0 Å². The molecule has 0 unspecified atom stereocenters. The van der Waals surface area contributed by atoms with E-state index in [2.05, 4.69) is 19.2 Å². The highest BCUT2D eigenvalue weighted by Crippen LogP contribution is 2.06. The molecule has 1 aromatic heterocycles. The standard InChI is InChI=1S/C10H18N2O/c1-8(2)6-12-7-10-4-3-9(5-11)13-10/h3-4,8,12H,5-7,11H2,1-2H3. The van der Waals surface area contributed by atoms with Crippen LogP contribution >= 0.6 is 0 Å². The lowest BCUT2D eigenvalue weighted by Gasteiger charge is -2.04. The summed E-state index contributed by atoms with van der Waals surface area (Å²) in [6, 6.07) is 3.89. The largest absolute Gasteiger partial charge is 0.463 e. The van der Waals surface area contributed by atoms with Gasteiger partial charge in [-0.05, 0) is 24.6 Å². The minimum atomic E-state index is 0.476. The van der Waals surface area contributed by atoms with Gasteiger partial charge in [0.05, 0.1) is 13.1 Å². The zero-order valence-corrected chi connectivity index (χ0v) is 8.34. The molecule has 0 aromatic carbocycles. The van der Waals surface area contributed by atoms with Gasteiger partial charge in [0.1, 0.15) is 11.5 Å². The van der Waals surface area contributed by atoms with Gasteiger partial charge in [0.2, 0.25) is 0 Å². The fourth-order valence-electron chi connectivity index (χ4n) is 1.11. The maximum atomic E-state index is 5.43. The molecule has 0 radical (unpaired) electrons. The van der Waals surface area contributed by atoms with E-state index in [1.54, 1.807) is 0 Å². The molecule has 0 fully saturated rings. The fourth-order valence-corrected chi connectivity index (χ4v) is 1.11. The normalized spacial score (nSPS) is 11.1. The van der Waals surface area contributed by atoms with Crippen LogP contribution in [0.1, 0.15) is 25.4 Å². The van der Waals surface area contributed by atoms with Crippen molar-refractivity contribution in [3.05, 3.63) is 23.7 Å². The first-order valence-corrected chi connectivity index (χ1v) is 4.70. The van der Waals surface area contributed by atoms with Crippen molar-refractivity contribution in [2.45, 2.75) is 26.9 Å². The van der Waals surface area contributed by atoms with E-state index in [1.807, 2.05) is 12.1 Å². The molecule has 1 aromatic rings. The molecule has 0 saturated heterocycles. The van der Waals surface area contributed by atoms with Gasteiger partial charge in [-0.1, -0.05) is 13.8 Å². The van der Waals surface area contributed by atoms with Crippen LogP contribution in [0.25, 0.3) is 0 Å². The van der Waals surface area contributed by atoms with Crippen LogP contribution < -0.4 is 11.1 Å². The quantitative estimate of drug-likeness (QED) is 0.725. The van der Waals surface area contributed by atoms with Crippen molar-refractivity contribution in [2.24, 2.45) is 11.7 Å². The second-order valence-electron chi connectivity index (χ2n) is 3.60. The van der Waals surface area contributed by atoms with E-state index in [0.717, 1.165) is 24.6 Å². The summed E-state index contributed by atoms with van der Waals surface area (Å²) in [5.74, 6) is 2.48. The SMILES string of the molecule is CC(C)CNCc1ccc(CN)o1. The Kier molecular flexibility index (Phi) is 3.99. The van der Waals surface area contributed by atoms with Crippen molar-refractivity contribution in [1.82, 2.24) is 5.32 Å². The topological polar surface area (TPSA) is 51.2 Å². The highest BCUT2D eigenvalue weighted by Gasteiger charge is 2.00. The number of nitrogens with two attached hydrogens (primary N) is 1. The van der Waals surface area contributed by atoms with Crippen molar-refractivity contribution in [3.63, 3.8) is 0 Å². The van der Waals surface area contributed by atoms with Crippen LogP contribution in [0.5, 0.6) is 0 Å². The Hall–Kier alpha value is -0.800. The summed E-state index contributed by atoms with van der Waals surface area (Å²) in [5, 5.41) is 3.30. The molecule has 0 bridgehead atoms. The van der Waals surface area contributed by atoms with Gasteiger partial charge in [0.25, 0.3) is 0 Å². The van der Waals surface area contributed by atoms with Crippen LogP contribution in [0.4, 0.5) is 0 Å². The first-order valence-electron chi connectivity index (χ1n) is 4.70. The van der Waals surface area contributed by atoms with E-state index in [-0.39, 0.29) is 0 Å². The van der Waals surface area contributed by atoms with Gasteiger partial charge in [-0.15, -0.1) is 0 Å². The van der Waals surface area contributed by atoms with Gasteiger partial charge in [-0.25, -0.2) is 0 Å². The van der Waals surface area contributed by atoms with E-state index in [0.29, 0.717) is 12.5 Å². The fraction of sp³-hybridized carbons (Fsp3) is 0.600. The third-order valence-electron chi connectivity index (χ3n) is 1.77. The lowest BCUT2D eigenvalue weighted by molar-refractivity contribution is 0.437. The maximum absolute atomic E-state index is 5.43. The molecule has 0 aliphatic carbocycles. The van der Waals surface area contributed by atoms with E-state index in [1.165, 1.54) is 0 Å². The van der Waals surface area contributed by atoms with Crippen molar-refractivity contribution in [2.75, 3.05) is 6.54 Å². The third-order valence-corrected chi connectivity index (χ3v) is 1.77. The minimum Gasteiger partial charge on any atom is -0.463 e. The van der Waals surface area contributed by atoms with Gasteiger partial charge in [0, 0.05) is 0 Å². The van der Waals surface area contributed by atoms with Crippen LogP contribution in [0.2, 0.25) is 0 Å². The molecule has 0 aliphatic heterocycles. The Morgan fingerprint density at radius 3 is 2.62 bits per heavy atom. The van der Waals surface area contributed by atoms with Crippen LogP contribution in [-0.4, -0.2) is 6.54 Å². The van der Waals surface area contributed by atoms with Crippen molar-refractivity contribution in [3.8, 4) is 0 Å². The van der Waals surface area contributed by atoms with Crippen molar-refractivity contribution in [1.29, 1.82) is 0 Å². The minimum absolute atomic E-state index is 0.476. The number of furan rings is 1.